The zero-order chi connectivity index (χ0) is 21.4. The van der Waals surface area contributed by atoms with Gasteiger partial charge >= 0.3 is 0 Å². The fraction of sp³-hybridized carbons (Fsp3) is 0.190. The Kier molecular flexibility index (Phi) is 5.04. The molecule has 0 bridgehead atoms. The lowest BCUT2D eigenvalue weighted by atomic mass is 10.1. The number of nitrogens with one attached hydrogen (secondary N) is 1. The van der Waals surface area contributed by atoms with Crippen molar-refractivity contribution < 1.29 is 19.0 Å². The van der Waals surface area contributed by atoms with Crippen molar-refractivity contribution in [1.82, 2.24) is 9.38 Å². The Morgan fingerprint density at radius 2 is 1.80 bits per heavy atom. The second-order valence-electron chi connectivity index (χ2n) is 6.49. The number of nitrogens with zero attached hydrogens (tertiary/aromatic N) is 2. The third-order valence-corrected chi connectivity index (χ3v) is 5.51. The number of anilines is 1. The quantitative estimate of drug-likeness (QED) is 0.528. The second kappa shape index (κ2) is 7.68. The van der Waals surface area contributed by atoms with Crippen LogP contribution >= 0.6 is 11.3 Å². The van der Waals surface area contributed by atoms with E-state index in [-0.39, 0.29) is 11.5 Å². The number of benzene rings is 2. The van der Waals surface area contributed by atoms with E-state index >= 15 is 0 Å². The summed E-state index contributed by atoms with van der Waals surface area (Å²) in [4.78, 5) is 29.6. The van der Waals surface area contributed by atoms with Crippen LogP contribution < -0.4 is 29.6 Å². The lowest BCUT2D eigenvalue weighted by molar-refractivity contribution is -0.114. The minimum absolute atomic E-state index is 0.181. The number of imidazole rings is 1. The van der Waals surface area contributed by atoms with E-state index in [2.05, 4.69) is 10.3 Å². The molecule has 4 rings (SSSR count). The Morgan fingerprint density at radius 3 is 2.40 bits per heavy atom. The smallest absolute Gasteiger partial charge is 0.274 e. The van der Waals surface area contributed by atoms with Crippen molar-refractivity contribution in [3.05, 3.63) is 50.8 Å². The highest BCUT2D eigenvalue weighted by Gasteiger charge is 2.15. The number of hydrogen-bond donors (Lipinski definition) is 1. The number of carbonyl (C=O) groups is 1. The summed E-state index contributed by atoms with van der Waals surface area (Å²) < 4.78 is 18.2. The Balaban J connectivity index is 1.89. The van der Waals surface area contributed by atoms with E-state index < -0.39 is 0 Å². The molecule has 8 nitrogen and oxygen atoms in total. The summed E-state index contributed by atoms with van der Waals surface area (Å²) in [5.41, 5.74) is 2.48. The van der Waals surface area contributed by atoms with Crippen LogP contribution in [0.25, 0.3) is 22.1 Å². The molecule has 0 aliphatic carbocycles. The van der Waals surface area contributed by atoms with Crippen LogP contribution in [0.1, 0.15) is 12.5 Å². The third kappa shape index (κ3) is 3.33. The molecule has 1 amide bonds. The van der Waals surface area contributed by atoms with Gasteiger partial charge in [0.1, 0.15) is 0 Å². The predicted octanol–water partition coefficient (Wildman–Crippen LogP) is 2.44. The van der Waals surface area contributed by atoms with E-state index in [9.17, 15) is 9.59 Å². The minimum Gasteiger partial charge on any atom is -0.493 e. The highest BCUT2D eigenvalue weighted by molar-refractivity contribution is 7.15. The predicted molar refractivity (Wildman–Crippen MR) is 116 cm³/mol. The van der Waals surface area contributed by atoms with Crippen LogP contribution in [-0.4, -0.2) is 36.6 Å². The number of hydrogen-bond acceptors (Lipinski definition) is 7. The minimum atomic E-state index is -0.189. The van der Waals surface area contributed by atoms with Crippen molar-refractivity contribution in [2.75, 3.05) is 26.6 Å². The molecule has 0 aliphatic rings. The summed E-state index contributed by atoms with van der Waals surface area (Å²) in [7, 11) is 4.62. The Bertz CT molecular complexity index is 1360. The van der Waals surface area contributed by atoms with Crippen molar-refractivity contribution in [2.24, 2.45) is 0 Å². The number of ether oxygens (including phenoxy) is 3. The topological polar surface area (TPSA) is 91.2 Å². The van der Waals surface area contributed by atoms with Gasteiger partial charge in [0.2, 0.25) is 11.7 Å². The highest BCUT2D eigenvalue weighted by atomic mass is 32.1. The highest BCUT2D eigenvalue weighted by Crippen LogP contribution is 2.38. The van der Waals surface area contributed by atoms with Gasteiger partial charge in [-0.2, -0.15) is 0 Å². The van der Waals surface area contributed by atoms with Gasteiger partial charge in [0.25, 0.3) is 5.56 Å². The molecule has 30 heavy (non-hydrogen) atoms. The maximum absolute atomic E-state index is 13.1. The number of fused-ring (bicyclic) bond motifs is 3. The van der Waals surface area contributed by atoms with Gasteiger partial charge in [-0.3, -0.25) is 9.59 Å². The molecule has 0 fully saturated rings. The molecular formula is C21H19N3O5S. The molecule has 0 saturated carbocycles. The lowest BCUT2D eigenvalue weighted by Crippen LogP contribution is -2.22. The van der Waals surface area contributed by atoms with Crippen molar-refractivity contribution in [2.45, 2.75) is 6.92 Å². The standard InChI is InChI=1S/C21H19N3O5S/c1-11(25)22-13-5-6-14-15(10-13)24-20(26)18(30-21(24)23-14)9-12-7-16(27-2)19(29-4)17(8-12)28-3/h5-10H,1-4H3,(H,22,25)/b18-9-. The van der Waals surface area contributed by atoms with E-state index in [1.165, 1.54) is 39.6 Å². The molecule has 0 saturated heterocycles. The van der Waals surface area contributed by atoms with Crippen LogP contribution in [0.3, 0.4) is 0 Å². The largest absolute Gasteiger partial charge is 0.493 e. The first kappa shape index (κ1) is 19.7. The first-order valence-corrected chi connectivity index (χ1v) is 9.81. The van der Waals surface area contributed by atoms with Crippen LogP contribution in [-0.2, 0) is 4.79 Å². The summed E-state index contributed by atoms with van der Waals surface area (Å²) in [6.07, 6.45) is 1.76. The van der Waals surface area contributed by atoms with Gasteiger partial charge in [-0.1, -0.05) is 11.3 Å². The maximum Gasteiger partial charge on any atom is 0.274 e. The van der Waals surface area contributed by atoms with Gasteiger partial charge in [-0.25, -0.2) is 9.38 Å². The number of aromatic nitrogens is 2. The molecule has 4 aromatic rings. The summed E-state index contributed by atoms with van der Waals surface area (Å²) in [5, 5.41) is 2.73. The average Bonchev–Trinajstić information content (AvgIpc) is 3.22. The van der Waals surface area contributed by atoms with E-state index in [0.717, 1.165) is 5.56 Å². The van der Waals surface area contributed by atoms with Gasteiger partial charge < -0.3 is 19.5 Å². The molecule has 0 spiro atoms. The molecule has 0 unspecified atom stereocenters. The SMILES string of the molecule is COc1cc(/C=c2\sc3nc4ccc(NC(C)=O)cc4n3c2=O)cc(OC)c1OC. The normalized spacial score (nSPS) is 11.8. The second-order valence-corrected chi connectivity index (χ2v) is 7.50. The molecule has 154 valence electrons. The van der Waals surface area contributed by atoms with Crippen molar-refractivity contribution >= 4 is 45.0 Å². The Hall–Kier alpha value is -3.59. The summed E-state index contributed by atoms with van der Waals surface area (Å²) >= 11 is 1.28. The third-order valence-electron chi connectivity index (χ3n) is 4.54. The summed E-state index contributed by atoms with van der Waals surface area (Å²) in [6, 6.07) is 8.83. The number of rotatable bonds is 5. The fourth-order valence-corrected chi connectivity index (χ4v) is 4.27. The number of carbonyl (C=O) groups excluding carboxylic acids is 1. The van der Waals surface area contributed by atoms with Gasteiger partial charge in [0.15, 0.2) is 16.5 Å². The van der Waals surface area contributed by atoms with Crippen molar-refractivity contribution in [3.63, 3.8) is 0 Å². The van der Waals surface area contributed by atoms with Gasteiger partial charge in [0, 0.05) is 12.6 Å². The van der Waals surface area contributed by atoms with E-state index in [0.29, 0.717) is 43.5 Å². The van der Waals surface area contributed by atoms with Crippen molar-refractivity contribution in [3.8, 4) is 17.2 Å². The van der Waals surface area contributed by atoms with E-state index in [4.69, 9.17) is 14.2 Å². The summed E-state index contributed by atoms with van der Waals surface area (Å²) in [5.74, 6) is 1.31. The van der Waals surface area contributed by atoms with Crippen LogP contribution in [0, 0.1) is 0 Å². The zero-order valence-corrected chi connectivity index (χ0v) is 17.6. The maximum atomic E-state index is 13.1. The average molecular weight is 425 g/mol. The molecule has 1 N–H and O–H groups in total. The molecule has 0 atom stereocenters. The molecule has 2 aromatic carbocycles. The molecule has 2 heterocycles. The van der Waals surface area contributed by atoms with Crippen LogP contribution in [0.4, 0.5) is 5.69 Å². The van der Waals surface area contributed by atoms with E-state index in [1.54, 1.807) is 40.8 Å². The van der Waals surface area contributed by atoms with Crippen LogP contribution in [0.2, 0.25) is 0 Å². The van der Waals surface area contributed by atoms with Crippen LogP contribution in [0.5, 0.6) is 17.2 Å². The molecule has 0 radical (unpaired) electrons. The first-order valence-electron chi connectivity index (χ1n) is 8.99. The van der Waals surface area contributed by atoms with Gasteiger partial charge in [-0.15, -0.1) is 0 Å². The summed E-state index contributed by atoms with van der Waals surface area (Å²) in [6.45, 7) is 1.43. The van der Waals surface area contributed by atoms with Gasteiger partial charge in [-0.05, 0) is 42.0 Å². The monoisotopic (exact) mass is 425 g/mol. The zero-order valence-electron chi connectivity index (χ0n) is 16.8. The van der Waals surface area contributed by atoms with Gasteiger partial charge in [0.05, 0.1) is 36.9 Å². The number of thiazole rings is 1. The first-order chi connectivity index (χ1) is 14.4. The molecule has 9 heteroatoms. The molecule has 2 aromatic heterocycles. The molecular weight excluding hydrogens is 406 g/mol. The Labute approximate surface area is 175 Å². The van der Waals surface area contributed by atoms with Crippen molar-refractivity contribution in [1.29, 1.82) is 0 Å². The van der Waals surface area contributed by atoms with Crippen LogP contribution in [0.15, 0.2) is 35.1 Å². The van der Waals surface area contributed by atoms with E-state index in [1.807, 2.05) is 0 Å². The number of amides is 1. The fourth-order valence-electron chi connectivity index (χ4n) is 3.28. The number of methoxy groups -OCH3 is 3. The Morgan fingerprint density at radius 1 is 1.10 bits per heavy atom. The molecule has 0 aliphatic heterocycles. The lowest BCUT2D eigenvalue weighted by Gasteiger charge is -2.12.